The Kier molecular flexibility index (Phi) is 9.80. The van der Waals surface area contributed by atoms with Crippen molar-refractivity contribution >= 4 is 23.3 Å². The van der Waals surface area contributed by atoms with Gasteiger partial charge in [0.25, 0.3) is 11.7 Å². The van der Waals surface area contributed by atoms with Crippen molar-refractivity contribution in [2.75, 3.05) is 0 Å². The molecule has 1 N–H and O–H groups in total. The van der Waals surface area contributed by atoms with Crippen LogP contribution in [0.5, 0.6) is 5.75 Å². The molecule has 17 heteroatoms. The molecule has 11 nitrogen and oxygen atoms in total. The molecule has 0 aliphatic rings. The van der Waals surface area contributed by atoms with Gasteiger partial charge < -0.3 is 10.1 Å². The van der Waals surface area contributed by atoms with Crippen LogP contribution in [0.4, 0.5) is 22.0 Å². The van der Waals surface area contributed by atoms with Gasteiger partial charge in [-0.05, 0) is 71.3 Å². The molecule has 0 bridgehead atoms. The summed E-state index contributed by atoms with van der Waals surface area (Å²) in [5, 5.41) is 26.6. The summed E-state index contributed by atoms with van der Waals surface area (Å²) in [6.07, 6.45) is -5.17. The Hall–Kier alpha value is -5.69. The number of carbonyl (C=O) groups is 2. The highest BCUT2D eigenvalue weighted by molar-refractivity contribution is 6.32. The highest BCUT2D eigenvalue weighted by atomic mass is 35.5. The first-order valence-electron chi connectivity index (χ1n) is 13.9. The van der Waals surface area contributed by atoms with Crippen molar-refractivity contribution < 1.29 is 36.3 Å². The van der Waals surface area contributed by atoms with Gasteiger partial charge in [-0.15, -0.1) is 10.2 Å². The van der Waals surface area contributed by atoms with E-state index in [9.17, 15) is 36.8 Å². The van der Waals surface area contributed by atoms with Crippen molar-refractivity contribution in [2.45, 2.75) is 39.2 Å². The van der Waals surface area contributed by atoms with Crippen molar-refractivity contribution in [2.24, 2.45) is 0 Å². The molecule has 0 aliphatic carbocycles. The maximum absolute atomic E-state index is 13.9. The maximum atomic E-state index is 13.9. The van der Waals surface area contributed by atoms with E-state index in [0.29, 0.717) is 21.6 Å². The minimum atomic E-state index is -4.81. The van der Waals surface area contributed by atoms with Crippen molar-refractivity contribution in [1.29, 1.82) is 5.26 Å². The molecule has 5 aromatic rings. The second kappa shape index (κ2) is 14.0. The zero-order valence-electron chi connectivity index (χ0n) is 24.7. The minimum Gasteiger partial charge on any atom is -0.435 e. The fraction of sp³-hybridized carbons (Fsp3) is 0.194. The summed E-state index contributed by atoms with van der Waals surface area (Å²) in [5.74, 6) is -2.73. The lowest BCUT2D eigenvalue weighted by atomic mass is 9.93. The van der Waals surface area contributed by atoms with Gasteiger partial charge in [0.15, 0.2) is 5.78 Å². The third kappa shape index (κ3) is 7.81. The van der Waals surface area contributed by atoms with Crippen LogP contribution in [-0.2, 0) is 25.7 Å². The van der Waals surface area contributed by atoms with Gasteiger partial charge in [0, 0.05) is 18.5 Å². The van der Waals surface area contributed by atoms with Gasteiger partial charge in [-0.1, -0.05) is 35.9 Å². The molecule has 1 amide bonds. The molecule has 0 atom stereocenters. The summed E-state index contributed by atoms with van der Waals surface area (Å²) in [4.78, 5) is 28.0. The van der Waals surface area contributed by atoms with Crippen molar-refractivity contribution in [3.63, 3.8) is 0 Å². The number of aromatic nitrogens is 6. The molecule has 3 aromatic carbocycles. The molecular weight excluding hydrogens is 663 g/mol. The number of ketones is 1. The number of aryl methyl sites for hydroxylation is 1. The first-order chi connectivity index (χ1) is 22.8. The number of hydrogen-bond acceptors (Lipinski definition) is 8. The van der Waals surface area contributed by atoms with Crippen LogP contribution in [0.25, 0.3) is 5.69 Å². The highest BCUT2D eigenvalue weighted by Gasteiger charge is 2.37. The summed E-state index contributed by atoms with van der Waals surface area (Å²) in [6, 6.07) is 18.3. The Balaban J connectivity index is 1.46. The fourth-order valence-corrected chi connectivity index (χ4v) is 4.98. The number of benzene rings is 3. The summed E-state index contributed by atoms with van der Waals surface area (Å²) >= 11 is 6.40. The lowest BCUT2D eigenvalue weighted by Gasteiger charge is -2.15. The monoisotopic (exact) mass is 684 g/mol. The third-order valence-electron chi connectivity index (χ3n) is 6.90. The molecule has 0 fully saturated rings. The van der Waals surface area contributed by atoms with Crippen LogP contribution >= 0.6 is 11.6 Å². The number of hydrogen-bond donors (Lipinski definition) is 1. The molecular formula is C31H22ClF5N8O3. The van der Waals surface area contributed by atoms with Crippen LogP contribution in [0.1, 0.15) is 54.6 Å². The number of nitrogens with zero attached hydrogens (tertiary/aromatic N) is 7. The van der Waals surface area contributed by atoms with Crippen LogP contribution in [0.2, 0.25) is 5.02 Å². The van der Waals surface area contributed by atoms with Gasteiger partial charge >= 0.3 is 12.8 Å². The second-order valence-electron chi connectivity index (χ2n) is 10.3. The lowest BCUT2D eigenvalue weighted by Crippen LogP contribution is -2.25. The van der Waals surface area contributed by atoms with Crippen molar-refractivity contribution in [1.82, 2.24) is 35.3 Å². The number of carbonyl (C=O) groups excluding carboxylic acids is 2. The fourth-order valence-electron chi connectivity index (χ4n) is 4.76. The molecule has 0 saturated carbocycles. The molecule has 0 spiro atoms. The molecule has 2 aromatic heterocycles. The summed E-state index contributed by atoms with van der Waals surface area (Å²) in [7, 11) is 0. The normalized spacial score (nSPS) is 11.4. The van der Waals surface area contributed by atoms with E-state index in [-0.39, 0.29) is 58.4 Å². The van der Waals surface area contributed by atoms with E-state index in [1.165, 1.54) is 41.1 Å². The number of para-hydroxylation sites is 1. The topological polar surface area (TPSA) is 141 Å². The molecule has 0 aliphatic heterocycles. The zero-order valence-corrected chi connectivity index (χ0v) is 25.4. The van der Waals surface area contributed by atoms with Crippen molar-refractivity contribution in [3.05, 3.63) is 117 Å². The first kappa shape index (κ1) is 33.7. The number of tetrazole rings is 1. The van der Waals surface area contributed by atoms with Crippen LogP contribution in [-0.4, -0.2) is 48.3 Å². The Morgan fingerprint density at radius 3 is 2.52 bits per heavy atom. The first-order valence-corrected chi connectivity index (χ1v) is 14.3. The van der Waals surface area contributed by atoms with E-state index < -0.39 is 30.3 Å². The van der Waals surface area contributed by atoms with Crippen molar-refractivity contribution in [3.8, 4) is 17.5 Å². The van der Waals surface area contributed by atoms with E-state index in [0.717, 1.165) is 0 Å². The third-order valence-corrected chi connectivity index (χ3v) is 7.22. The number of rotatable bonds is 11. The largest absolute Gasteiger partial charge is 0.455 e. The SMILES string of the molecule is Cc1cc(C#N)cc(C(=O)NCc2cccc(OC(F)F)c2)c1CC(=O)c1cc(Cn2nnc(C(F)(F)F)n2)nn1-c1ccccc1Cl. The van der Waals surface area contributed by atoms with Gasteiger partial charge in [0.2, 0.25) is 0 Å². The average Bonchev–Trinajstić information content (AvgIpc) is 3.68. The Labute approximate surface area is 273 Å². The molecule has 0 unspecified atom stereocenters. The minimum absolute atomic E-state index is 0.0137. The quantitative estimate of drug-likeness (QED) is 0.138. The van der Waals surface area contributed by atoms with Crippen LogP contribution in [0.15, 0.2) is 66.7 Å². The number of nitriles is 1. The van der Waals surface area contributed by atoms with Crippen LogP contribution in [0, 0.1) is 18.3 Å². The molecule has 5 rings (SSSR count). The standard InChI is InChI=1S/C31H22ClF5N8O3/c1-17-9-19(14-38)11-23(28(47)39-15-18-5-4-6-21(10-18)48-30(33)34)22(17)13-27(46)26-12-20(16-44-42-29(40-43-44)31(35,36)37)41-45(26)25-8-3-2-7-24(25)32/h2-12,30H,13,15-16H2,1H3,(H,39,47). The number of alkyl halides is 5. The van der Waals surface area contributed by atoms with E-state index in [1.54, 1.807) is 37.3 Å². The van der Waals surface area contributed by atoms with E-state index in [1.807, 2.05) is 6.07 Å². The van der Waals surface area contributed by atoms with Gasteiger partial charge in [-0.25, -0.2) is 4.68 Å². The Morgan fingerprint density at radius 1 is 1.06 bits per heavy atom. The molecule has 0 radical (unpaired) electrons. The predicted octanol–water partition coefficient (Wildman–Crippen LogP) is 5.72. The summed E-state index contributed by atoms with van der Waals surface area (Å²) in [6.45, 7) is -1.86. The predicted molar refractivity (Wildman–Crippen MR) is 159 cm³/mol. The molecule has 48 heavy (non-hydrogen) atoms. The summed E-state index contributed by atoms with van der Waals surface area (Å²) in [5.41, 5.74) is 1.76. The number of ether oxygens (including phenoxy) is 1. The molecule has 246 valence electrons. The maximum Gasteiger partial charge on any atom is 0.455 e. The molecule has 0 saturated heterocycles. The van der Waals surface area contributed by atoms with Crippen LogP contribution in [0.3, 0.4) is 0 Å². The van der Waals surface area contributed by atoms with E-state index >= 15 is 0 Å². The highest BCUT2D eigenvalue weighted by Crippen LogP contribution is 2.27. The molecule has 2 heterocycles. The average molecular weight is 685 g/mol. The summed E-state index contributed by atoms with van der Waals surface area (Å²) < 4.78 is 70.0. The van der Waals surface area contributed by atoms with E-state index in [2.05, 4.69) is 30.6 Å². The number of nitrogens with one attached hydrogen (secondary N) is 1. The van der Waals surface area contributed by atoms with Gasteiger partial charge in [-0.3, -0.25) is 9.59 Å². The van der Waals surface area contributed by atoms with Gasteiger partial charge in [0.05, 0.1) is 28.0 Å². The second-order valence-corrected chi connectivity index (χ2v) is 10.7. The smallest absolute Gasteiger partial charge is 0.435 e. The Bertz CT molecular complexity index is 2040. The zero-order chi connectivity index (χ0) is 34.6. The van der Waals surface area contributed by atoms with E-state index in [4.69, 9.17) is 11.6 Å². The number of halogens is 6. The van der Waals surface area contributed by atoms with Crippen LogP contribution < -0.4 is 10.1 Å². The number of Topliss-reactive ketones (excluding diaryl/α,β-unsaturated/α-hetero) is 1. The lowest BCUT2D eigenvalue weighted by molar-refractivity contribution is -0.145. The number of amides is 1. The van der Waals surface area contributed by atoms with Gasteiger partial charge in [0.1, 0.15) is 18.0 Å². The van der Waals surface area contributed by atoms with Gasteiger partial charge in [-0.2, -0.15) is 37.1 Å². The Morgan fingerprint density at radius 2 is 1.83 bits per heavy atom.